The largest absolute Gasteiger partial charge is 0.500 e. The van der Waals surface area contributed by atoms with Crippen molar-refractivity contribution in [3.63, 3.8) is 0 Å². The first-order valence-corrected chi connectivity index (χ1v) is 14.4. The predicted octanol–water partition coefficient (Wildman–Crippen LogP) is 10.3. The Balaban J connectivity index is 0.000000250. The zero-order valence-electron chi connectivity index (χ0n) is 26.1. The summed E-state index contributed by atoms with van der Waals surface area (Å²) in [6, 6.07) is 53.2. The molecule has 0 atom stereocenters. The fourth-order valence-electron chi connectivity index (χ4n) is 5.10. The van der Waals surface area contributed by atoms with E-state index in [1.54, 1.807) is 30.6 Å². The number of rotatable bonds is 5. The molecule has 0 amide bonds. The zero-order chi connectivity index (χ0) is 31.3. The molecule has 0 aliphatic carbocycles. The fraction of sp³-hybridized carbons (Fsp3) is 0.0244. The van der Waals surface area contributed by atoms with Crippen molar-refractivity contribution in [1.82, 2.24) is 9.97 Å². The van der Waals surface area contributed by atoms with E-state index in [2.05, 4.69) is 46.4 Å². The van der Waals surface area contributed by atoms with Gasteiger partial charge < -0.3 is 14.4 Å². The van der Waals surface area contributed by atoms with Crippen LogP contribution in [0.3, 0.4) is 0 Å². The number of hydrogen-bond donors (Lipinski definition) is 0. The molecule has 0 saturated carbocycles. The summed E-state index contributed by atoms with van der Waals surface area (Å²) >= 11 is 0. The molecule has 0 unspecified atom stereocenters. The summed E-state index contributed by atoms with van der Waals surface area (Å²) in [4.78, 5) is 8.74. The molecule has 0 saturated heterocycles. The average Bonchev–Trinajstić information content (AvgIpc) is 3.51. The molecule has 4 heteroatoms. The van der Waals surface area contributed by atoms with Crippen LogP contribution in [0.4, 0.5) is 0 Å². The molecule has 8 rings (SSSR count). The van der Waals surface area contributed by atoms with Crippen LogP contribution in [0.2, 0.25) is 0 Å². The van der Waals surface area contributed by atoms with E-state index in [1.165, 1.54) is 0 Å². The Morgan fingerprint density at radius 2 is 1.31 bits per heavy atom. The van der Waals surface area contributed by atoms with Crippen LogP contribution < -0.4 is 0 Å². The summed E-state index contributed by atoms with van der Waals surface area (Å²) < 4.78 is 23.5. The summed E-state index contributed by atoms with van der Waals surface area (Å²) in [5, 5.41) is 2.02. The van der Waals surface area contributed by atoms with Gasteiger partial charge in [-0.3, -0.25) is 0 Å². The zero-order valence-corrected chi connectivity index (χ0v) is 26.5. The number of aromatic nitrogens is 2. The van der Waals surface area contributed by atoms with Crippen molar-refractivity contribution in [2.75, 3.05) is 0 Å². The molecule has 0 bridgehead atoms. The number of hydrogen-bond acceptors (Lipinski definition) is 3. The van der Waals surface area contributed by atoms with Crippen molar-refractivity contribution in [2.45, 2.75) is 6.37 Å². The van der Waals surface area contributed by atoms with Gasteiger partial charge in [0.05, 0.1) is 5.58 Å². The molecule has 0 aliphatic rings. The smallest absolute Gasteiger partial charge is 0.121 e. The first-order chi connectivity index (χ1) is 22.6. The summed E-state index contributed by atoms with van der Waals surface area (Å²) in [6.07, 6.45) is 1.82. The Hall–Kier alpha value is -5.15. The van der Waals surface area contributed by atoms with E-state index in [1.807, 2.05) is 103 Å². The molecule has 0 aliphatic heterocycles. The molecule has 0 N–H and O–H groups in total. The molecule has 1 radical (unpaired) electrons. The number of benzene rings is 5. The molecule has 8 aromatic rings. The van der Waals surface area contributed by atoms with Crippen molar-refractivity contribution in [3.8, 4) is 33.6 Å². The molecule has 0 spiro atoms. The second-order valence-electron chi connectivity index (χ2n) is 10.2. The molecule has 3 aromatic heterocycles. The van der Waals surface area contributed by atoms with E-state index in [4.69, 9.17) is 7.16 Å². The Bertz CT molecular complexity index is 2190. The average molecular weight is 759 g/mol. The third-order valence-corrected chi connectivity index (χ3v) is 7.26. The van der Waals surface area contributed by atoms with Crippen molar-refractivity contribution in [2.24, 2.45) is 0 Å². The maximum Gasteiger partial charge on any atom is 0.121 e. The predicted molar refractivity (Wildman–Crippen MR) is 179 cm³/mol. The molecular formula is C41H28IrN2O-2. The third-order valence-electron chi connectivity index (χ3n) is 7.26. The van der Waals surface area contributed by atoms with E-state index >= 15 is 0 Å². The van der Waals surface area contributed by atoms with E-state index in [0.29, 0.717) is 16.8 Å². The molecule has 45 heavy (non-hydrogen) atoms. The third kappa shape index (κ3) is 6.99. The van der Waals surface area contributed by atoms with Gasteiger partial charge >= 0.3 is 0 Å². The van der Waals surface area contributed by atoms with Crippen LogP contribution in [0.1, 0.15) is 13.9 Å². The summed E-state index contributed by atoms with van der Waals surface area (Å²) in [6.45, 7) is 0. The normalized spacial score (nSPS) is 11.6. The summed E-state index contributed by atoms with van der Waals surface area (Å²) in [5.74, 6) is 0. The summed E-state index contributed by atoms with van der Waals surface area (Å²) in [5.41, 5.74) is 8.51. The van der Waals surface area contributed by atoms with Gasteiger partial charge in [-0.2, -0.15) is 0 Å². The maximum absolute atomic E-state index is 8.70. The van der Waals surface area contributed by atoms with E-state index in [-0.39, 0.29) is 20.1 Å². The molecular weight excluding hydrogens is 729 g/mol. The molecule has 3 heterocycles. The van der Waals surface area contributed by atoms with Gasteiger partial charge in [0.25, 0.3) is 0 Å². The van der Waals surface area contributed by atoms with Crippen LogP contribution in [0, 0.1) is 12.1 Å². The van der Waals surface area contributed by atoms with Crippen molar-refractivity contribution in [1.29, 1.82) is 0 Å². The van der Waals surface area contributed by atoms with E-state index in [9.17, 15) is 0 Å². The van der Waals surface area contributed by atoms with Gasteiger partial charge in [0, 0.05) is 40.6 Å². The van der Waals surface area contributed by atoms with Crippen molar-refractivity contribution < 1.29 is 27.3 Å². The van der Waals surface area contributed by atoms with Crippen LogP contribution in [-0.2, 0) is 26.5 Å². The van der Waals surface area contributed by atoms with Crippen LogP contribution in [0.25, 0.3) is 55.6 Å². The monoisotopic (exact) mass is 759 g/mol. The molecule has 219 valence electrons. The standard InChI is InChI=1S/C30H20NO.C11H8N.Ir/c1-3-7-21(8-4-1)17-22-15-16-31-28(18-22)25-12-14-30-27(20-25)26-19-24(11-13-29(26)32-30)23-9-5-2-6-10-23;1-2-6-10(7-3-1)11-8-4-5-9-12-11;/h1-11,13-16,18-20H,17H2;1-6,8-9H;/q2*-1;/i17D2;;. The van der Waals surface area contributed by atoms with Crippen molar-refractivity contribution in [3.05, 3.63) is 181 Å². The van der Waals surface area contributed by atoms with Crippen molar-refractivity contribution >= 4 is 21.9 Å². The maximum atomic E-state index is 8.70. The Labute approximate surface area is 279 Å². The fourth-order valence-corrected chi connectivity index (χ4v) is 5.10. The second kappa shape index (κ2) is 14.1. The number of nitrogens with zero attached hydrogens (tertiary/aromatic N) is 2. The minimum atomic E-state index is -1.63. The molecule has 0 fully saturated rings. The summed E-state index contributed by atoms with van der Waals surface area (Å²) in [7, 11) is 0. The van der Waals surface area contributed by atoms with E-state index in [0.717, 1.165) is 49.9 Å². The van der Waals surface area contributed by atoms with Gasteiger partial charge in [-0.15, -0.1) is 59.7 Å². The minimum Gasteiger partial charge on any atom is -0.500 e. The van der Waals surface area contributed by atoms with Gasteiger partial charge in [-0.05, 0) is 64.3 Å². The topological polar surface area (TPSA) is 38.9 Å². The van der Waals surface area contributed by atoms with Gasteiger partial charge in [0.15, 0.2) is 0 Å². The number of furan rings is 1. The minimum absolute atomic E-state index is 0. The first kappa shape index (κ1) is 27.4. The van der Waals surface area contributed by atoms with E-state index < -0.39 is 6.37 Å². The van der Waals surface area contributed by atoms with Crippen LogP contribution in [-0.4, -0.2) is 9.97 Å². The van der Waals surface area contributed by atoms with Crippen LogP contribution >= 0.6 is 0 Å². The SMILES string of the molecule is [2H]C([2H])(c1ccccc1)c1ccnc(-c2[c-]cc3oc4ccc(-c5ccccc5)cc4c3c2)c1.[Ir].[c-]1ccccc1-c1ccccn1. The van der Waals surface area contributed by atoms with Crippen LogP contribution in [0.5, 0.6) is 0 Å². The van der Waals surface area contributed by atoms with Gasteiger partial charge in [-0.1, -0.05) is 90.3 Å². The number of pyridine rings is 2. The van der Waals surface area contributed by atoms with Gasteiger partial charge in [0.2, 0.25) is 0 Å². The Morgan fingerprint density at radius 1 is 0.556 bits per heavy atom. The molecule has 5 aromatic carbocycles. The van der Waals surface area contributed by atoms with Crippen LogP contribution in [0.15, 0.2) is 162 Å². The number of fused-ring (bicyclic) bond motifs is 3. The second-order valence-corrected chi connectivity index (χ2v) is 10.2. The Morgan fingerprint density at radius 3 is 2.09 bits per heavy atom. The Kier molecular flexibility index (Phi) is 8.58. The first-order valence-electron chi connectivity index (χ1n) is 15.4. The van der Waals surface area contributed by atoms with Gasteiger partial charge in [-0.25, -0.2) is 0 Å². The quantitative estimate of drug-likeness (QED) is 0.164. The van der Waals surface area contributed by atoms with Gasteiger partial charge in [0.1, 0.15) is 5.58 Å². The molecule has 3 nitrogen and oxygen atoms in total.